The van der Waals surface area contributed by atoms with Gasteiger partial charge in [0.1, 0.15) is 14.2 Å². The number of aryl methyl sites for hydroxylation is 1. The number of hydrogen-bond donors (Lipinski definition) is 3. The highest BCUT2D eigenvalue weighted by molar-refractivity contribution is 7.89. The standard InChI is InChI=1S/C19H25BN6O3S/c1-12-3-4-13(30(28,29)25-19(20)7-5-18(2,27)6-8-19)9-14(12)15-10-22-17-16(21)23-11-24-26(15)17/h3-4,9-11,25,27H,5-8,20H2,1-2H3,(H2,21,23,24)/t18-,19+. The van der Waals surface area contributed by atoms with Gasteiger partial charge in [-0.1, -0.05) is 6.07 Å². The molecule has 1 saturated carbocycles. The van der Waals surface area contributed by atoms with Gasteiger partial charge >= 0.3 is 0 Å². The largest absolute Gasteiger partial charge is 0.390 e. The van der Waals surface area contributed by atoms with Crippen molar-refractivity contribution in [1.82, 2.24) is 24.3 Å². The van der Waals surface area contributed by atoms with E-state index in [9.17, 15) is 13.5 Å². The van der Waals surface area contributed by atoms with Gasteiger partial charge in [-0.05, 0) is 57.2 Å². The molecule has 30 heavy (non-hydrogen) atoms. The van der Waals surface area contributed by atoms with Crippen LogP contribution in [0.15, 0.2) is 35.6 Å². The third kappa shape index (κ3) is 3.80. The van der Waals surface area contributed by atoms with Crippen LogP contribution in [0.1, 0.15) is 38.2 Å². The lowest BCUT2D eigenvalue weighted by Crippen LogP contribution is -2.53. The van der Waals surface area contributed by atoms with Gasteiger partial charge in [-0.15, -0.1) is 0 Å². The summed E-state index contributed by atoms with van der Waals surface area (Å²) in [5.41, 5.74) is 7.15. The molecule has 0 radical (unpaired) electrons. The number of rotatable bonds is 4. The van der Waals surface area contributed by atoms with E-state index < -0.39 is 21.1 Å². The molecule has 0 unspecified atom stereocenters. The number of sulfonamides is 1. The summed E-state index contributed by atoms with van der Waals surface area (Å²) in [5.74, 6) is 0.250. The Morgan fingerprint density at radius 2 is 1.93 bits per heavy atom. The summed E-state index contributed by atoms with van der Waals surface area (Å²) in [6, 6.07) is 4.99. The van der Waals surface area contributed by atoms with Gasteiger partial charge in [-0.3, -0.25) is 0 Å². The van der Waals surface area contributed by atoms with Gasteiger partial charge in [0, 0.05) is 11.0 Å². The van der Waals surface area contributed by atoms with Gasteiger partial charge in [0.25, 0.3) is 0 Å². The Morgan fingerprint density at radius 1 is 1.23 bits per heavy atom. The van der Waals surface area contributed by atoms with Gasteiger partial charge in [0.2, 0.25) is 10.0 Å². The number of nitrogens with one attached hydrogen (secondary N) is 1. The molecule has 2 heterocycles. The predicted octanol–water partition coefficient (Wildman–Crippen LogP) is 0.615. The summed E-state index contributed by atoms with van der Waals surface area (Å²) in [5, 5.41) is 14.4. The quantitative estimate of drug-likeness (QED) is 0.518. The second kappa shape index (κ2) is 7.04. The van der Waals surface area contributed by atoms with Crippen LogP contribution in [0.2, 0.25) is 0 Å². The first-order valence-corrected chi connectivity index (χ1v) is 11.3. The first-order valence-electron chi connectivity index (χ1n) is 9.81. The molecule has 11 heteroatoms. The molecule has 3 aromatic rings. The van der Waals surface area contributed by atoms with Crippen LogP contribution in [0, 0.1) is 6.92 Å². The van der Waals surface area contributed by atoms with Crippen LogP contribution >= 0.6 is 0 Å². The van der Waals surface area contributed by atoms with E-state index in [0.717, 1.165) is 5.56 Å². The van der Waals surface area contributed by atoms with Crippen LogP contribution in [0.25, 0.3) is 16.9 Å². The molecule has 158 valence electrons. The molecule has 1 aliphatic rings. The zero-order valence-electron chi connectivity index (χ0n) is 17.3. The van der Waals surface area contributed by atoms with Gasteiger partial charge in [0.15, 0.2) is 11.5 Å². The maximum Gasteiger partial charge on any atom is 0.240 e. The number of fused-ring (bicyclic) bond motifs is 1. The van der Waals surface area contributed by atoms with Crippen molar-refractivity contribution in [2.75, 3.05) is 5.73 Å². The first-order chi connectivity index (χ1) is 14.0. The fourth-order valence-corrected chi connectivity index (χ4v) is 5.38. The third-order valence-corrected chi connectivity index (χ3v) is 7.57. The lowest BCUT2D eigenvalue weighted by molar-refractivity contribution is 0.0111. The van der Waals surface area contributed by atoms with E-state index in [1.54, 1.807) is 35.8 Å². The molecular formula is C19H25BN6O3S. The summed E-state index contributed by atoms with van der Waals surface area (Å²) >= 11 is 0. The molecule has 0 saturated heterocycles. The fourth-order valence-electron chi connectivity index (χ4n) is 3.89. The van der Waals surface area contributed by atoms with Gasteiger partial charge in [0.05, 0.1) is 22.4 Å². The van der Waals surface area contributed by atoms with Crippen LogP contribution < -0.4 is 10.5 Å². The average molecular weight is 428 g/mol. The molecule has 0 aliphatic heterocycles. The summed E-state index contributed by atoms with van der Waals surface area (Å²) in [6.45, 7) is 3.69. The molecule has 1 aliphatic carbocycles. The van der Waals surface area contributed by atoms with Crippen molar-refractivity contribution in [1.29, 1.82) is 0 Å². The lowest BCUT2D eigenvalue weighted by atomic mass is 9.65. The Kier molecular flexibility index (Phi) is 4.87. The molecule has 0 amide bonds. The molecule has 2 aromatic heterocycles. The van der Waals surface area contributed by atoms with Crippen molar-refractivity contribution in [2.45, 2.75) is 55.5 Å². The Hall–Kier alpha value is -2.50. The van der Waals surface area contributed by atoms with Crippen molar-refractivity contribution < 1.29 is 13.5 Å². The van der Waals surface area contributed by atoms with Crippen LogP contribution in [0.4, 0.5) is 5.82 Å². The normalized spacial score (nSPS) is 24.9. The van der Waals surface area contributed by atoms with E-state index in [4.69, 9.17) is 5.73 Å². The number of benzene rings is 1. The van der Waals surface area contributed by atoms with Crippen molar-refractivity contribution in [2.24, 2.45) is 0 Å². The second-order valence-corrected chi connectivity index (χ2v) is 10.3. The highest BCUT2D eigenvalue weighted by Gasteiger charge is 2.38. The van der Waals surface area contributed by atoms with Gasteiger partial charge < -0.3 is 10.8 Å². The van der Waals surface area contributed by atoms with E-state index in [-0.39, 0.29) is 10.7 Å². The van der Waals surface area contributed by atoms with Crippen LogP contribution in [0.5, 0.6) is 0 Å². The second-order valence-electron chi connectivity index (χ2n) is 8.66. The summed E-state index contributed by atoms with van der Waals surface area (Å²) in [6.07, 6.45) is 5.19. The fraction of sp³-hybridized carbons (Fsp3) is 0.421. The minimum absolute atomic E-state index is 0.165. The lowest BCUT2D eigenvalue weighted by Gasteiger charge is -2.40. The number of nitrogen functional groups attached to an aromatic ring is 1. The minimum atomic E-state index is -3.77. The zero-order valence-corrected chi connectivity index (χ0v) is 18.1. The van der Waals surface area contributed by atoms with Crippen molar-refractivity contribution in [3.05, 3.63) is 36.3 Å². The molecule has 9 nitrogen and oxygen atoms in total. The molecule has 4 rings (SSSR count). The zero-order chi connectivity index (χ0) is 21.7. The van der Waals surface area contributed by atoms with Crippen molar-refractivity contribution >= 4 is 29.3 Å². The van der Waals surface area contributed by atoms with E-state index >= 15 is 0 Å². The van der Waals surface area contributed by atoms with Gasteiger partial charge in [-0.25, -0.2) is 27.6 Å². The molecular weight excluding hydrogens is 403 g/mol. The number of hydrogen-bond acceptors (Lipinski definition) is 7. The molecule has 1 fully saturated rings. The number of nitrogens with two attached hydrogens (primary N) is 1. The topological polar surface area (TPSA) is 136 Å². The number of aliphatic hydroxyl groups is 1. The third-order valence-electron chi connectivity index (χ3n) is 5.94. The van der Waals surface area contributed by atoms with E-state index in [1.807, 2.05) is 14.8 Å². The maximum atomic E-state index is 13.2. The van der Waals surface area contributed by atoms with E-state index in [1.165, 1.54) is 6.33 Å². The monoisotopic (exact) mass is 428 g/mol. The minimum Gasteiger partial charge on any atom is -0.390 e. The summed E-state index contributed by atoms with van der Waals surface area (Å²) < 4.78 is 30.8. The highest BCUT2D eigenvalue weighted by atomic mass is 32.2. The Bertz CT molecular complexity index is 1210. The van der Waals surface area contributed by atoms with E-state index in [0.29, 0.717) is 42.6 Å². The van der Waals surface area contributed by atoms with E-state index in [2.05, 4.69) is 19.8 Å². The smallest absolute Gasteiger partial charge is 0.240 e. The number of nitrogens with zero attached hydrogens (tertiary/aromatic N) is 4. The number of aromatic nitrogens is 4. The van der Waals surface area contributed by atoms with Crippen LogP contribution in [-0.2, 0) is 10.0 Å². The highest BCUT2D eigenvalue weighted by Crippen LogP contribution is 2.34. The summed E-state index contributed by atoms with van der Waals surface area (Å²) in [7, 11) is -1.88. The Balaban J connectivity index is 1.70. The number of imidazole rings is 1. The average Bonchev–Trinajstić information content (AvgIpc) is 3.10. The Morgan fingerprint density at radius 3 is 2.63 bits per heavy atom. The Labute approximate surface area is 176 Å². The SMILES string of the molecule is B[C@]1(NS(=O)(=O)c2ccc(C)c(-c3cnc4c(N)ncnn34)c2)CC[C@@](C)(O)CC1. The molecule has 1 aromatic carbocycles. The van der Waals surface area contributed by atoms with Crippen molar-refractivity contribution in [3.63, 3.8) is 0 Å². The van der Waals surface area contributed by atoms with Crippen LogP contribution in [-0.4, -0.2) is 52.0 Å². The first kappa shape index (κ1) is 20.8. The summed E-state index contributed by atoms with van der Waals surface area (Å²) in [4.78, 5) is 8.37. The van der Waals surface area contributed by atoms with Gasteiger partial charge in [-0.2, -0.15) is 5.10 Å². The van der Waals surface area contributed by atoms with Crippen molar-refractivity contribution in [3.8, 4) is 11.3 Å². The van der Waals surface area contributed by atoms with Crippen LogP contribution in [0.3, 0.4) is 0 Å². The molecule has 0 spiro atoms. The number of anilines is 1. The maximum absolute atomic E-state index is 13.2. The molecule has 0 bridgehead atoms. The molecule has 4 N–H and O–H groups in total. The predicted molar refractivity (Wildman–Crippen MR) is 116 cm³/mol. The molecule has 0 atom stereocenters.